The molecule has 0 saturated carbocycles. The molecule has 2 N–H and O–H groups in total. The summed E-state index contributed by atoms with van der Waals surface area (Å²) in [6.07, 6.45) is 0.879. The van der Waals surface area contributed by atoms with Crippen LogP contribution in [-0.2, 0) is 24.8 Å². The number of carbonyl (C=O) groups excluding carboxylic acids is 1. The highest BCUT2D eigenvalue weighted by atomic mass is 32.2. The molecule has 3 aromatic rings. The maximum atomic E-state index is 12.3. The average Bonchev–Trinajstić information content (AvgIpc) is 3.06. The van der Waals surface area contributed by atoms with E-state index < -0.39 is 0 Å². The molecule has 0 aliphatic heterocycles. The molecule has 0 spiro atoms. The Morgan fingerprint density at radius 2 is 1.86 bits per heavy atom. The molecule has 0 saturated heterocycles. The summed E-state index contributed by atoms with van der Waals surface area (Å²) in [5, 5.41) is 15.5. The smallest absolute Gasteiger partial charge is 0.234 e. The summed E-state index contributed by atoms with van der Waals surface area (Å²) in [4.78, 5) is 12.3. The average molecular weight is 396 g/mol. The number of carbonyl (C=O) groups is 1. The molecule has 0 unspecified atom stereocenters. The van der Waals surface area contributed by atoms with Crippen molar-refractivity contribution < 1.29 is 4.79 Å². The third-order valence-corrected chi connectivity index (χ3v) is 5.45. The molecule has 2 aromatic carbocycles. The molecule has 6 nitrogen and oxygen atoms in total. The molecule has 0 fully saturated rings. The Morgan fingerprint density at radius 3 is 2.61 bits per heavy atom. The van der Waals surface area contributed by atoms with Crippen LogP contribution in [0, 0.1) is 6.92 Å². The molecule has 28 heavy (non-hydrogen) atoms. The number of anilines is 2. The second-order valence-corrected chi connectivity index (χ2v) is 7.47. The molecule has 0 aliphatic rings. The van der Waals surface area contributed by atoms with E-state index in [1.165, 1.54) is 17.3 Å². The van der Waals surface area contributed by atoms with Crippen molar-refractivity contribution in [2.75, 3.05) is 16.4 Å². The van der Waals surface area contributed by atoms with Gasteiger partial charge < -0.3 is 15.2 Å². The minimum absolute atomic E-state index is 0.0479. The van der Waals surface area contributed by atoms with Crippen LogP contribution in [0.5, 0.6) is 0 Å². The van der Waals surface area contributed by atoms with E-state index in [0.717, 1.165) is 34.3 Å². The molecule has 3 rings (SSSR count). The number of nitrogens with one attached hydrogen (secondary N) is 2. The number of benzene rings is 2. The number of rotatable bonds is 8. The third-order valence-electron chi connectivity index (χ3n) is 4.43. The largest absolute Gasteiger partial charge is 0.378 e. The van der Waals surface area contributed by atoms with Gasteiger partial charge in [0.15, 0.2) is 11.0 Å². The van der Waals surface area contributed by atoms with Gasteiger partial charge in [0.25, 0.3) is 0 Å². The van der Waals surface area contributed by atoms with Gasteiger partial charge >= 0.3 is 0 Å². The number of aryl methyl sites for hydroxylation is 2. The molecular weight excluding hydrogens is 370 g/mol. The zero-order chi connectivity index (χ0) is 19.9. The molecule has 0 atom stereocenters. The first-order chi connectivity index (χ1) is 13.6. The Hall–Kier alpha value is -2.80. The number of nitrogens with zero attached hydrogens (tertiary/aromatic N) is 3. The minimum Gasteiger partial charge on any atom is -0.378 e. The summed E-state index contributed by atoms with van der Waals surface area (Å²) in [6.45, 7) is 4.71. The first kappa shape index (κ1) is 19.9. The zero-order valence-corrected chi connectivity index (χ0v) is 17.2. The summed E-state index contributed by atoms with van der Waals surface area (Å²) in [5.74, 6) is 1.06. The van der Waals surface area contributed by atoms with E-state index in [0.29, 0.717) is 6.54 Å². The van der Waals surface area contributed by atoms with E-state index in [1.54, 1.807) is 0 Å². The molecule has 7 heteroatoms. The summed E-state index contributed by atoms with van der Waals surface area (Å²) < 4.78 is 1.92. The number of amides is 1. The van der Waals surface area contributed by atoms with E-state index in [4.69, 9.17) is 0 Å². The maximum absolute atomic E-state index is 12.3. The number of thioether (sulfide) groups is 1. The molecule has 1 aromatic heterocycles. The maximum Gasteiger partial charge on any atom is 0.234 e. The highest BCUT2D eigenvalue weighted by Gasteiger charge is 2.12. The van der Waals surface area contributed by atoms with Crippen LogP contribution in [0.3, 0.4) is 0 Å². The lowest BCUT2D eigenvalue weighted by Crippen LogP contribution is -2.15. The lowest BCUT2D eigenvalue weighted by molar-refractivity contribution is -0.113. The van der Waals surface area contributed by atoms with Crippen LogP contribution in [0.4, 0.5) is 11.4 Å². The van der Waals surface area contributed by atoms with E-state index >= 15 is 0 Å². The quantitative estimate of drug-likeness (QED) is 0.564. The van der Waals surface area contributed by atoms with E-state index in [1.807, 2.05) is 48.0 Å². The Morgan fingerprint density at radius 1 is 1.11 bits per heavy atom. The van der Waals surface area contributed by atoms with Crippen LogP contribution in [0.25, 0.3) is 0 Å². The van der Waals surface area contributed by atoms with Gasteiger partial charge in [-0.15, -0.1) is 10.2 Å². The monoisotopic (exact) mass is 395 g/mol. The molecular formula is C21H25N5OS. The Labute approximate surface area is 169 Å². The van der Waals surface area contributed by atoms with Gasteiger partial charge in [0.2, 0.25) is 5.91 Å². The predicted octanol–water partition coefficient (Wildman–Crippen LogP) is 4.03. The Bertz CT molecular complexity index is 936. The topological polar surface area (TPSA) is 71.8 Å². The third kappa shape index (κ3) is 5.13. The number of hydrogen-bond acceptors (Lipinski definition) is 5. The van der Waals surface area contributed by atoms with Gasteiger partial charge in [-0.2, -0.15) is 0 Å². The highest BCUT2D eigenvalue weighted by molar-refractivity contribution is 7.99. The predicted molar refractivity (Wildman–Crippen MR) is 115 cm³/mol. The number of hydrogen-bond donors (Lipinski definition) is 2. The number of para-hydroxylation sites is 1. The van der Waals surface area contributed by atoms with Crippen LogP contribution in [0.1, 0.15) is 23.9 Å². The second kappa shape index (κ2) is 9.41. The van der Waals surface area contributed by atoms with Gasteiger partial charge in [-0.3, -0.25) is 4.79 Å². The lowest BCUT2D eigenvalue weighted by atomic mass is 10.1. The fourth-order valence-corrected chi connectivity index (χ4v) is 3.47. The van der Waals surface area contributed by atoms with Crippen molar-refractivity contribution in [1.82, 2.24) is 14.8 Å². The lowest BCUT2D eigenvalue weighted by Gasteiger charge is -2.09. The van der Waals surface area contributed by atoms with Gasteiger partial charge in [0.05, 0.1) is 12.3 Å². The molecule has 0 aliphatic carbocycles. The van der Waals surface area contributed by atoms with Crippen LogP contribution in [0.15, 0.2) is 53.7 Å². The SMILES string of the molecule is CCc1ccccc1NC(=O)CSc1nnc(CNc2ccc(C)cc2)n1C. The van der Waals surface area contributed by atoms with E-state index in [-0.39, 0.29) is 11.7 Å². The number of aromatic nitrogens is 3. The van der Waals surface area contributed by atoms with Crippen molar-refractivity contribution in [3.8, 4) is 0 Å². The zero-order valence-electron chi connectivity index (χ0n) is 16.4. The van der Waals surface area contributed by atoms with E-state index in [9.17, 15) is 4.79 Å². The summed E-state index contributed by atoms with van der Waals surface area (Å²) in [6, 6.07) is 16.1. The van der Waals surface area contributed by atoms with Crippen molar-refractivity contribution in [3.05, 3.63) is 65.5 Å². The van der Waals surface area contributed by atoms with Crippen LogP contribution < -0.4 is 10.6 Å². The highest BCUT2D eigenvalue weighted by Crippen LogP contribution is 2.19. The van der Waals surface area contributed by atoms with Gasteiger partial charge in [0, 0.05) is 18.4 Å². The second-order valence-electron chi connectivity index (χ2n) is 6.52. The van der Waals surface area contributed by atoms with Crippen molar-refractivity contribution in [1.29, 1.82) is 0 Å². The molecule has 1 amide bonds. The summed E-state index contributed by atoms with van der Waals surface area (Å²) in [7, 11) is 1.92. The molecule has 0 radical (unpaired) electrons. The van der Waals surface area contributed by atoms with Crippen LogP contribution in [0.2, 0.25) is 0 Å². The molecule has 146 valence electrons. The Balaban J connectivity index is 1.53. The van der Waals surface area contributed by atoms with Gasteiger partial charge in [-0.05, 0) is 37.1 Å². The van der Waals surface area contributed by atoms with Crippen molar-refractivity contribution >= 4 is 29.0 Å². The van der Waals surface area contributed by atoms with Crippen molar-refractivity contribution in [2.45, 2.75) is 32.0 Å². The first-order valence-corrected chi connectivity index (χ1v) is 10.2. The summed E-state index contributed by atoms with van der Waals surface area (Å²) in [5.41, 5.74) is 4.26. The minimum atomic E-state index is -0.0479. The molecule has 1 heterocycles. The van der Waals surface area contributed by atoms with Gasteiger partial charge in [-0.25, -0.2) is 0 Å². The Kier molecular flexibility index (Phi) is 6.71. The standard InChI is InChI=1S/C21H25N5OS/c1-4-16-7-5-6-8-18(16)23-20(27)14-28-21-25-24-19(26(21)3)13-22-17-11-9-15(2)10-12-17/h5-12,22H,4,13-14H2,1-3H3,(H,23,27). The van der Waals surface area contributed by atoms with Gasteiger partial charge in [-0.1, -0.05) is 54.6 Å². The molecule has 0 bridgehead atoms. The van der Waals surface area contributed by atoms with E-state index in [2.05, 4.69) is 46.8 Å². The van der Waals surface area contributed by atoms with Crippen molar-refractivity contribution in [3.63, 3.8) is 0 Å². The normalized spacial score (nSPS) is 10.7. The summed E-state index contributed by atoms with van der Waals surface area (Å²) >= 11 is 1.38. The fourth-order valence-electron chi connectivity index (χ4n) is 2.74. The van der Waals surface area contributed by atoms with Crippen LogP contribution in [-0.4, -0.2) is 26.4 Å². The fraction of sp³-hybridized carbons (Fsp3) is 0.286. The van der Waals surface area contributed by atoms with Crippen molar-refractivity contribution in [2.24, 2.45) is 7.05 Å². The first-order valence-electron chi connectivity index (χ1n) is 9.26. The van der Waals surface area contributed by atoms with Gasteiger partial charge in [0.1, 0.15) is 0 Å². The van der Waals surface area contributed by atoms with Crippen LogP contribution >= 0.6 is 11.8 Å².